The molecule has 1 heterocycles. The molecule has 37 heavy (non-hydrogen) atoms. The Morgan fingerprint density at radius 1 is 0.892 bits per heavy atom. The van der Waals surface area contributed by atoms with Crippen LogP contribution in [0.1, 0.15) is 55.4 Å². The number of likely N-dealkylation sites (tertiary alicyclic amines) is 1. The summed E-state index contributed by atoms with van der Waals surface area (Å²) in [7, 11) is 0. The van der Waals surface area contributed by atoms with Gasteiger partial charge in [0, 0.05) is 24.3 Å². The number of piperidine rings is 1. The smallest absolute Gasteiger partial charge is 0.123 e. The zero-order valence-electron chi connectivity index (χ0n) is 21.8. The fraction of sp³-hybridized carbons (Fsp3) is 0.375. The summed E-state index contributed by atoms with van der Waals surface area (Å²) in [6, 6.07) is 23.6. The fourth-order valence-electron chi connectivity index (χ4n) is 5.18. The van der Waals surface area contributed by atoms with E-state index in [4.69, 9.17) is 4.74 Å². The lowest BCUT2D eigenvalue weighted by molar-refractivity contribution is 0.0735. The molecule has 3 aromatic rings. The first-order chi connectivity index (χ1) is 17.9. The topological polar surface area (TPSA) is 24.5 Å². The molecule has 5 heteroatoms. The molecule has 0 amide bonds. The third kappa shape index (κ3) is 7.50. The molecule has 4 rings (SSSR count). The second-order valence-electron chi connectivity index (χ2n) is 10.2. The quantitative estimate of drug-likeness (QED) is 0.269. The van der Waals surface area contributed by atoms with E-state index in [1.807, 2.05) is 6.92 Å². The highest BCUT2D eigenvalue weighted by molar-refractivity contribution is 5.31. The number of nitrogens with one attached hydrogen (secondary N) is 1. The summed E-state index contributed by atoms with van der Waals surface area (Å²) in [4.78, 5) is 2.55. The van der Waals surface area contributed by atoms with Crippen molar-refractivity contribution in [3.05, 3.63) is 119 Å². The van der Waals surface area contributed by atoms with Gasteiger partial charge in [0.15, 0.2) is 0 Å². The Morgan fingerprint density at radius 2 is 1.46 bits per heavy atom. The van der Waals surface area contributed by atoms with Crippen LogP contribution in [0.25, 0.3) is 0 Å². The number of allylic oxidation sites excluding steroid dienone is 1. The number of ether oxygens (including phenoxy) is 1. The molecule has 0 unspecified atom stereocenters. The molecule has 1 N–H and O–H groups in total. The van der Waals surface area contributed by atoms with Gasteiger partial charge in [-0.15, -0.1) is 0 Å². The molecule has 1 aliphatic heterocycles. The Bertz CT molecular complexity index is 1060. The summed E-state index contributed by atoms with van der Waals surface area (Å²) in [5.74, 6) is -0.565. The highest BCUT2D eigenvalue weighted by Gasteiger charge is 2.35. The van der Waals surface area contributed by atoms with Crippen molar-refractivity contribution >= 4 is 0 Å². The zero-order valence-corrected chi connectivity index (χ0v) is 21.8. The van der Waals surface area contributed by atoms with E-state index in [0.717, 1.165) is 68.7 Å². The second-order valence-corrected chi connectivity index (χ2v) is 10.2. The van der Waals surface area contributed by atoms with E-state index in [0.29, 0.717) is 6.61 Å². The molecule has 0 saturated carbocycles. The summed E-state index contributed by atoms with van der Waals surface area (Å²) in [5, 5.41) is 3.50. The molecule has 196 valence electrons. The monoisotopic (exact) mass is 504 g/mol. The van der Waals surface area contributed by atoms with Crippen LogP contribution in [0.5, 0.6) is 0 Å². The van der Waals surface area contributed by atoms with E-state index >= 15 is 0 Å². The molecule has 1 saturated heterocycles. The second kappa shape index (κ2) is 13.0. The van der Waals surface area contributed by atoms with E-state index < -0.39 is 0 Å². The van der Waals surface area contributed by atoms with E-state index in [-0.39, 0.29) is 23.2 Å². The molecule has 0 aromatic heterocycles. The Balaban J connectivity index is 1.27. The molecule has 0 radical (unpaired) electrons. The Morgan fingerprint density at radius 3 is 2.00 bits per heavy atom. The van der Waals surface area contributed by atoms with Crippen LogP contribution < -0.4 is 5.32 Å². The van der Waals surface area contributed by atoms with Gasteiger partial charge in [0.05, 0.1) is 0 Å². The predicted octanol–water partition coefficient (Wildman–Crippen LogP) is 7.01. The molecule has 1 fully saturated rings. The summed E-state index contributed by atoms with van der Waals surface area (Å²) in [6.07, 6.45) is 3.86. The van der Waals surface area contributed by atoms with Crippen LogP contribution in [0.15, 0.2) is 91.1 Å². The number of hydrogen-bond donors (Lipinski definition) is 1. The standard InChI is InChI=1S/C32H38F2N2O/c1-25(2)35-24-32(28-8-4-3-5-9-28)18-21-36(22-19-32)20-6-7-23-37-31(26-10-14-29(33)15-11-26)27-12-16-30(34)17-13-27/h3-5,8-17,31,35H,1,6-7,18-24H2,2H3. The largest absolute Gasteiger partial charge is 0.388 e. The molecular formula is C32H38F2N2O. The minimum atomic E-state index is -0.344. The maximum atomic E-state index is 13.5. The molecule has 1 aliphatic rings. The van der Waals surface area contributed by atoms with Crippen LogP contribution in [-0.4, -0.2) is 37.7 Å². The average Bonchev–Trinajstić information content (AvgIpc) is 2.92. The number of benzene rings is 3. The lowest BCUT2D eigenvalue weighted by Gasteiger charge is -2.43. The van der Waals surface area contributed by atoms with E-state index in [1.165, 1.54) is 29.8 Å². The fourth-order valence-corrected chi connectivity index (χ4v) is 5.18. The molecule has 0 spiro atoms. The van der Waals surface area contributed by atoms with Gasteiger partial charge in [0.1, 0.15) is 17.7 Å². The lowest BCUT2D eigenvalue weighted by Crippen LogP contribution is -2.47. The maximum absolute atomic E-state index is 13.5. The van der Waals surface area contributed by atoms with Crippen molar-refractivity contribution in [3.8, 4) is 0 Å². The Labute approximate surface area is 220 Å². The predicted molar refractivity (Wildman–Crippen MR) is 146 cm³/mol. The van der Waals surface area contributed by atoms with Crippen molar-refractivity contribution in [1.29, 1.82) is 0 Å². The first-order valence-corrected chi connectivity index (χ1v) is 13.2. The van der Waals surface area contributed by atoms with Crippen molar-refractivity contribution in [2.45, 2.75) is 44.1 Å². The van der Waals surface area contributed by atoms with Crippen molar-refractivity contribution in [2.24, 2.45) is 0 Å². The van der Waals surface area contributed by atoms with Crippen LogP contribution in [-0.2, 0) is 10.2 Å². The van der Waals surface area contributed by atoms with Crippen LogP contribution in [0.3, 0.4) is 0 Å². The van der Waals surface area contributed by atoms with Gasteiger partial charge >= 0.3 is 0 Å². The summed E-state index contributed by atoms with van der Waals surface area (Å²) >= 11 is 0. The lowest BCUT2D eigenvalue weighted by atomic mass is 9.72. The van der Waals surface area contributed by atoms with Crippen molar-refractivity contribution in [2.75, 3.05) is 32.8 Å². The minimum Gasteiger partial charge on any atom is -0.388 e. The number of rotatable bonds is 12. The Kier molecular flexibility index (Phi) is 9.48. The number of nitrogens with zero attached hydrogens (tertiary/aromatic N) is 1. The van der Waals surface area contributed by atoms with Gasteiger partial charge in [-0.1, -0.05) is 61.2 Å². The normalized spacial score (nSPS) is 15.6. The SMILES string of the molecule is C=C(C)NCC1(c2ccccc2)CCN(CCCCOC(c2ccc(F)cc2)c2ccc(F)cc2)CC1. The van der Waals surface area contributed by atoms with Crippen LogP contribution in [0, 0.1) is 11.6 Å². The van der Waals surface area contributed by atoms with Crippen molar-refractivity contribution < 1.29 is 13.5 Å². The van der Waals surface area contributed by atoms with Gasteiger partial charge < -0.3 is 15.0 Å². The Hall–Kier alpha value is -3.02. The summed E-state index contributed by atoms with van der Waals surface area (Å²) < 4.78 is 33.2. The zero-order chi connectivity index (χ0) is 26.1. The first kappa shape index (κ1) is 27.0. The van der Waals surface area contributed by atoms with Gasteiger partial charge in [-0.25, -0.2) is 8.78 Å². The third-order valence-corrected chi connectivity index (χ3v) is 7.43. The van der Waals surface area contributed by atoms with Gasteiger partial charge in [-0.2, -0.15) is 0 Å². The van der Waals surface area contributed by atoms with Crippen molar-refractivity contribution in [1.82, 2.24) is 10.2 Å². The third-order valence-electron chi connectivity index (χ3n) is 7.43. The average molecular weight is 505 g/mol. The maximum Gasteiger partial charge on any atom is 0.123 e. The highest BCUT2D eigenvalue weighted by atomic mass is 19.1. The number of halogens is 2. The molecular weight excluding hydrogens is 466 g/mol. The molecule has 3 aromatic carbocycles. The van der Waals surface area contributed by atoms with Crippen LogP contribution >= 0.6 is 0 Å². The summed E-state index contributed by atoms with van der Waals surface area (Å²) in [6.45, 7) is 10.7. The molecule has 3 nitrogen and oxygen atoms in total. The van der Waals surface area contributed by atoms with E-state index in [2.05, 4.69) is 47.1 Å². The molecule has 0 bridgehead atoms. The molecule has 0 atom stereocenters. The summed E-state index contributed by atoms with van der Waals surface area (Å²) in [5.41, 5.74) is 4.29. The van der Waals surface area contributed by atoms with Gasteiger partial charge in [-0.05, 0) is 93.2 Å². The number of hydrogen-bond acceptors (Lipinski definition) is 3. The highest BCUT2D eigenvalue weighted by Crippen LogP contribution is 2.35. The van der Waals surface area contributed by atoms with Gasteiger partial charge in [0.25, 0.3) is 0 Å². The minimum absolute atomic E-state index is 0.136. The van der Waals surface area contributed by atoms with Gasteiger partial charge in [-0.3, -0.25) is 0 Å². The first-order valence-electron chi connectivity index (χ1n) is 13.2. The van der Waals surface area contributed by atoms with Crippen LogP contribution in [0.2, 0.25) is 0 Å². The number of unbranched alkanes of at least 4 members (excludes halogenated alkanes) is 1. The molecule has 0 aliphatic carbocycles. The van der Waals surface area contributed by atoms with E-state index in [1.54, 1.807) is 24.3 Å². The van der Waals surface area contributed by atoms with Crippen LogP contribution in [0.4, 0.5) is 8.78 Å². The van der Waals surface area contributed by atoms with Gasteiger partial charge in [0.2, 0.25) is 0 Å². The van der Waals surface area contributed by atoms with E-state index in [9.17, 15) is 8.78 Å². The van der Waals surface area contributed by atoms with Crippen molar-refractivity contribution in [3.63, 3.8) is 0 Å².